The molecular formula is C5H6FNO3. The fourth-order valence-electron chi connectivity index (χ4n) is 0.835. The summed E-state index contributed by atoms with van der Waals surface area (Å²) in [5, 5.41) is 8.24. The summed E-state index contributed by atoms with van der Waals surface area (Å²) in [6.07, 6.45) is -2.99. The van der Waals surface area contributed by atoms with E-state index in [1.165, 1.54) is 0 Å². The number of hydrogen-bond acceptors (Lipinski definition) is 2. The van der Waals surface area contributed by atoms with Crippen molar-refractivity contribution in [2.45, 2.75) is 12.6 Å². The van der Waals surface area contributed by atoms with E-state index in [1.54, 1.807) is 0 Å². The lowest BCUT2D eigenvalue weighted by Gasteiger charge is -2.06. The van der Waals surface area contributed by atoms with Crippen LogP contribution >= 0.6 is 0 Å². The number of carbonyl (C=O) groups excluding carboxylic acids is 1. The smallest absolute Gasteiger partial charge is 0.414 e. The van der Waals surface area contributed by atoms with Gasteiger partial charge in [0.25, 0.3) is 5.91 Å². The molecule has 2 amide bonds. The van der Waals surface area contributed by atoms with Crippen LogP contribution in [0.25, 0.3) is 0 Å². The third-order valence-corrected chi connectivity index (χ3v) is 1.37. The molecule has 4 nitrogen and oxygen atoms in total. The number of nitrogens with zero attached hydrogens (tertiary/aromatic N) is 1. The fourth-order valence-corrected chi connectivity index (χ4v) is 0.835. The summed E-state index contributed by atoms with van der Waals surface area (Å²) in [7, 11) is 0. The molecule has 10 heavy (non-hydrogen) atoms. The second-order valence-corrected chi connectivity index (χ2v) is 2.03. The molecule has 0 spiro atoms. The minimum Gasteiger partial charge on any atom is -0.465 e. The van der Waals surface area contributed by atoms with Crippen LogP contribution < -0.4 is 0 Å². The molecule has 1 saturated heterocycles. The number of imide groups is 1. The number of carbonyl (C=O) groups is 2. The number of amides is 2. The zero-order valence-electron chi connectivity index (χ0n) is 5.08. The van der Waals surface area contributed by atoms with Gasteiger partial charge < -0.3 is 5.11 Å². The molecule has 0 radical (unpaired) electrons. The van der Waals surface area contributed by atoms with Gasteiger partial charge in [-0.2, -0.15) is 0 Å². The van der Waals surface area contributed by atoms with Gasteiger partial charge in [0.2, 0.25) is 0 Å². The lowest BCUT2D eigenvalue weighted by molar-refractivity contribution is -0.129. The molecule has 0 bridgehead atoms. The highest BCUT2D eigenvalue weighted by atomic mass is 19.1. The van der Waals surface area contributed by atoms with Crippen molar-refractivity contribution in [2.24, 2.45) is 0 Å². The first-order valence-corrected chi connectivity index (χ1v) is 2.81. The van der Waals surface area contributed by atoms with Crippen molar-refractivity contribution in [1.29, 1.82) is 0 Å². The van der Waals surface area contributed by atoms with E-state index in [2.05, 4.69) is 0 Å². The number of halogens is 1. The Bertz CT molecular complexity index is 182. The molecule has 5 heteroatoms. The Hall–Kier alpha value is -1.13. The second kappa shape index (κ2) is 2.24. The minimum absolute atomic E-state index is 0.00880. The first-order chi connectivity index (χ1) is 4.63. The summed E-state index contributed by atoms with van der Waals surface area (Å²) >= 11 is 0. The summed E-state index contributed by atoms with van der Waals surface area (Å²) in [6.45, 7) is -0.0185. The van der Waals surface area contributed by atoms with Crippen molar-refractivity contribution in [3.8, 4) is 0 Å². The Balaban J connectivity index is 2.66. The summed E-state index contributed by atoms with van der Waals surface area (Å²) in [5.41, 5.74) is 0. The van der Waals surface area contributed by atoms with E-state index in [9.17, 15) is 14.0 Å². The summed E-state index contributed by atoms with van der Waals surface area (Å²) in [5.74, 6) is -0.938. The van der Waals surface area contributed by atoms with Crippen LogP contribution in [0.2, 0.25) is 0 Å². The number of alkyl halides is 1. The Morgan fingerprint density at radius 3 is 2.60 bits per heavy atom. The summed E-state index contributed by atoms with van der Waals surface area (Å²) in [6, 6.07) is 0. The average Bonchev–Trinajstić information content (AvgIpc) is 2.14. The second-order valence-electron chi connectivity index (χ2n) is 2.03. The molecule has 1 aliphatic heterocycles. The maximum Gasteiger partial charge on any atom is 0.414 e. The van der Waals surface area contributed by atoms with E-state index in [-0.39, 0.29) is 13.0 Å². The lowest BCUT2D eigenvalue weighted by atomic mass is 10.3. The van der Waals surface area contributed by atoms with Crippen LogP contribution in [0.1, 0.15) is 6.42 Å². The highest BCUT2D eigenvalue weighted by molar-refractivity contribution is 5.95. The van der Waals surface area contributed by atoms with E-state index in [4.69, 9.17) is 5.11 Å². The Morgan fingerprint density at radius 1 is 1.80 bits per heavy atom. The van der Waals surface area contributed by atoms with Crippen LogP contribution in [-0.4, -0.2) is 34.7 Å². The molecule has 0 aromatic heterocycles. The van der Waals surface area contributed by atoms with Gasteiger partial charge in [0.15, 0.2) is 6.17 Å². The van der Waals surface area contributed by atoms with Crippen LogP contribution in [0.4, 0.5) is 9.18 Å². The standard InChI is InChI=1S/C5H6FNO3/c6-3-1-2-7(4(3)8)5(9)10/h3H,1-2H2,(H,9,10). The normalized spacial score (nSPS) is 25.5. The predicted octanol–water partition coefficient (Wildman–Crippen LogP) is 0.235. The fraction of sp³-hybridized carbons (Fsp3) is 0.600. The highest BCUT2D eigenvalue weighted by Crippen LogP contribution is 2.13. The van der Waals surface area contributed by atoms with Crippen molar-refractivity contribution in [3.05, 3.63) is 0 Å². The first kappa shape index (κ1) is 6.98. The number of rotatable bonds is 0. The Labute approximate surface area is 56.2 Å². The van der Waals surface area contributed by atoms with Gasteiger partial charge in [-0.3, -0.25) is 4.79 Å². The van der Waals surface area contributed by atoms with Gasteiger partial charge in [0.05, 0.1) is 0 Å². The van der Waals surface area contributed by atoms with Crippen molar-refractivity contribution < 1.29 is 19.1 Å². The number of hydrogen-bond donors (Lipinski definition) is 1. The molecular weight excluding hydrogens is 141 g/mol. The monoisotopic (exact) mass is 147 g/mol. The molecule has 1 atom stereocenters. The van der Waals surface area contributed by atoms with Gasteiger partial charge in [-0.05, 0) is 0 Å². The molecule has 0 saturated carbocycles. The molecule has 1 fully saturated rings. The van der Waals surface area contributed by atoms with E-state index < -0.39 is 18.2 Å². The Morgan fingerprint density at radius 2 is 2.40 bits per heavy atom. The summed E-state index contributed by atoms with van der Waals surface area (Å²) in [4.78, 5) is 21.1. The van der Waals surface area contributed by atoms with Crippen LogP contribution in [0.15, 0.2) is 0 Å². The maximum atomic E-state index is 12.3. The van der Waals surface area contributed by atoms with Crippen molar-refractivity contribution in [1.82, 2.24) is 4.90 Å². The molecule has 1 heterocycles. The SMILES string of the molecule is O=C(O)N1CCC(F)C1=O. The number of likely N-dealkylation sites (tertiary alicyclic amines) is 1. The lowest BCUT2D eigenvalue weighted by Crippen LogP contribution is -2.32. The highest BCUT2D eigenvalue weighted by Gasteiger charge is 2.35. The zero-order chi connectivity index (χ0) is 7.72. The molecule has 0 aromatic rings. The number of carboxylic acid groups (broad SMARTS) is 1. The molecule has 1 N–H and O–H groups in total. The molecule has 1 aliphatic rings. The third-order valence-electron chi connectivity index (χ3n) is 1.37. The van der Waals surface area contributed by atoms with Crippen LogP contribution in [0, 0.1) is 0 Å². The minimum atomic E-state index is -1.61. The van der Waals surface area contributed by atoms with Gasteiger partial charge >= 0.3 is 6.09 Å². The average molecular weight is 147 g/mol. The van der Waals surface area contributed by atoms with Crippen molar-refractivity contribution in [2.75, 3.05) is 6.54 Å². The van der Waals surface area contributed by atoms with E-state index >= 15 is 0 Å². The molecule has 0 aromatic carbocycles. The van der Waals surface area contributed by atoms with Gasteiger partial charge in [-0.15, -0.1) is 0 Å². The topological polar surface area (TPSA) is 57.6 Å². The van der Waals surface area contributed by atoms with Crippen molar-refractivity contribution in [3.63, 3.8) is 0 Å². The quantitative estimate of drug-likeness (QED) is 0.533. The van der Waals surface area contributed by atoms with Crippen molar-refractivity contribution >= 4 is 12.0 Å². The van der Waals surface area contributed by atoms with Gasteiger partial charge in [0, 0.05) is 13.0 Å². The molecule has 0 aliphatic carbocycles. The predicted molar refractivity (Wildman–Crippen MR) is 29.3 cm³/mol. The van der Waals surface area contributed by atoms with Crippen LogP contribution in [0.5, 0.6) is 0 Å². The van der Waals surface area contributed by atoms with Crippen LogP contribution in [0.3, 0.4) is 0 Å². The largest absolute Gasteiger partial charge is 0.465 e. The van der Waals surface area contributed by atoms with E-state index in [0.29, 0.717) is 4.90 Å². The molecule has 1 rings (SSSR count). The molecule has 1 unspecified atom stereocenters. The first-order valence-electron chi connectivity index (χ1n) is 2.81. The zero-order valence-corrected chi connectivity index (χ0v) is 5.08. The molecule has 56 valence electrons. The van der Waals surface area contributed by atoms with Gasteiger partial charge in [-0.1, -0.05) is 0 Å². The van der Waals surface area contributed by atoms with Gasteiger partial charge in [-0.25, -0.2) is 14.1 Å². The Kier molecular flexibility index (Phi) is 1.57. The van der Waals surface area contributed by atoms with Crippen LogP contribution in [-0.2, 0) is 4.79 Å². The van der Waals surface area contributed by atoms with E-state index in [1.807, 2.05) is 0 Å². The third kappa shape index (κ3) is 0.940. The summed E-state index contributed by atoms with van der Waals surface area (Å²) < 4.78 is 12.3. The van der Waals surface area contributed by atoms with E-state index in [0.717, 1.165) is 0 Å². The maximum absolute atomic E-state index is 12.3. The van der Waals surface area contributed by atoms with Gasteiger partial charge in [0.1, 0.15) is 0 Å².